The zero-order chi connectivity index (χ0) is 52.8. The minimum absolute atomic E-state index is 0.0178. The Labute approximate surface area is 435 Å². The Morgan fingerprint density at radius 2 is 0.361 bits per heavy atom. The average Bonchev–Trinajstić information content (AvgIpc) is 3.41. The Hall–Kier alpha value is -5.46. The first kappa shape index (κ1) is 50.1. The van der Waals surface area contributed by atoms with Crippen molar-refractivity contribution in [3.8, 4) is 44.5 Å². The molecule has 0 aliphatic heterocycles. The summed E-state index contributed by atoms with van der Waals surface area (Å²) in [5.41, 5.74) is 32.4. The van der Waals surface area contributed by atoms with Crippen LogP contribution in [0.4, 0.5) is 0 Å². The van der Waals surface area contributed by atoms with E-state index < -0.39 is 0 Å². The summed E-state index contributed by atoms with van der Waals surface area (Å²) in [7, 11) is 0. The molecule has 0 bridgehead atoms. The normalized spacial score (nSPS) is 17.8. The molecular weight excluding hydrogens is 865 g/mol. The van der Waals surface area contributed by atoms with Crippen LogP contribution in [0.2, 0.25) is 0 Å². The fraction of sp³-hybridized carbons (Fsp3) is 0.417. The highest BCUT2D eigenvalue weighted by molar-refractivity contribution is 6.35. The Balaban J connectivity index is 1.71. The third kappa shape index (κ3) is 6.35. The van der Waals surface area contributed by atoms with Gasteiger partial charge in [-0.05, 0) is 283 Å². The van der Waals surface area contributed by atoms with E-state index in [4.69, 9.17) is 0 Å². The molecule has 0 aromatic heterocycles. The van der Waals surface area contributed by atoms with Crippen LogP contribution in [-0.4, -0.2) is 0 Å². The summed E-state index contributed by atoms with van der Waals surface area (Å²) < 4.78 is 0. The fourth-order valence-electron chi connectivity index (χ4n) is 15.6. The molecule has 0 saturated heterocycles. The highest BCUT2D eigenvalue weighted by Crippen LogP contribution is 2.66. The lowest BCUT2D eigenvalue weighted by Gasteiger charge is -2.44. The van der Waals surface area contributed by atoms with Crippen LogP contribution in [0.3, 0.4) is 0 Å². The van der Waals surface area contributed by atoms with Crippen LogP contribution in [0, 0.1) is 93.9 Å². The molecule has 2 aliphatic rings. The zero-order valence-electron chi connectivity index (χ0n) is 48.9. The minimum Gasteiger partial charge on any atom is -0.0582 e. The number of hydrogen-bond acceptors (Lipinski definition) is 0. The largest absolute Gasteiger partial charge is 0.0582 e. The van der Waals surface area contributed by atoms with Gasteiger partial charge in [0.15, 0.2) is 0 Å². The van der Waals surface area contributed by atoms with E-state index in [-0.39, 0.29) is 32.5 Å². The van der Waals surface area contributed by atoms with E-state index in [9.17, 15) is 0 Å². The van der Waals surface area contributed by atoms with Gasteiger partial charge in [0, 0.05) is 0 Å². The van der Waals surface area contributed by atoms with E-state index in [1.54, 1.807) is 0 Å². The predicted octanol–water partition coefficient (Wildman–Crippen LogP) is 20.7. The third-order valence-electron chi connectivity index (χ3n) is 21.3. The molecule has 0 radical (unpaired) electrons. The minimum atomic E-state index is -0.0944. The van der Waals surface area contributed by atoms with E-state index in [0.717, 1.165) is 0 Å². The first-order chi connectivity index (χ1) is 33.2. The molecule has 0 heteroatoms. The molecule has 0 fully saturated rings. The quantitative estimate of drug-likeness (QED) is 0.154. The summed E-state index contributed by atoms with van der Waals surface area (Å²) in [5, 5.41) is 8.22. The lowest BCUT2D eigenvalue weighted by Crippen LogP contribution is -2.42. The van der Waals surface area contributed by atoms with Crippen LogP contribution in [-0.2, 0) is 21.7 Å². The van der Waals surface area contributed by atoms with Crippen LogP contribution < -0.4 is 0 Å². The molecule has 2 aliphatic carbocycles. The Bertz CT molecular complexity index is 3160. The topological polar surface area (TPSA) is 0 Å². The van der Waals surface area contributed by atoms with Crippen LogP contribution >= 0.6 is 0 Å². The summed E-state index contributed by atoms with van der Waals surface area (Å²) in [6.45, 7) is 58.5. The van der Waals surface area contributed by atoms with Crippen molar-refractivity contribution in [3.63, 3.8) is 0 Å². The van der Waals surface area contributed by atoms with Gasteiger partial charge < -0.3 is 0 Å². The van der Waals surface area contributed by atoms with Gasteiger partial charge in [0.1, 0.15) is 0 Å². The fourth-order valence-corrected chi connectivity index (χ4v) is 15.6. The summed E-state index contributed by atoms with van der Waals surface area (Å²) in [6, 6.07) is 30.5. The van der Waals surface area contributed by atoms with Gasteiger partial charge in [0.25, 0.3) is 0 Å². The monoisotopic (exact) mass is 949 g/mol. The Morgan fingerprint density at radius 3 is 0.514 bits per heavy atom. The maximum absolute atomic E-state index is 2.72. The Kier molecular flexibility index (Phi) is 10.8. The second kappa shape index (κ2) is 15.5. The maximum atomic E-state index is 2.72. The van der Waals surface area contributed by atoms with Gasteiger partial charge in [0.05, 0.1) is 0 Å². The van der Waals surface area contributed by atoms with Gasteiger partial charge in [-0.15, -0.1) is 0 Å². The van der Waals surface area contributed by atoms with Crippen LogP contribution in [0.25, 0.3) is 76.8 Å². The van der Waals surface area contributed by atoms with Crippen molar-refractivity contribution in [2.75, 3.05) is 0 Å². The molecule has 72 heavy (non-hydrogen) atoms. The van der Waals surface area contributed by atoms with Gasteiger partial charge in [-0.25, -0.2) is 0 Å². The van der Waals surface area contributed by atoms with E-state index in [0.29, 0.717) is 0 Å². The second-order valence-corrected chi connectivity index (χ2v) is 27.0. The van der Waals surface area contributed by atoms with E-state index in [2.05, 4.69) is 239 Å². The van der Waals surface area contributed by atoms with Crippen molar-refractivity contribution in [2.24, 2.45) is 10.8 Å². The molecule has 0 spiro atoms. The first-order valence-corrected chi connectivity index (χ1v) is 27.2. The third-order valence-corrected chi connectivity index (χ3v) is 21.3. The van der Waals surface area contributed by atoms with Crippen molar-refractivity contribution in [1.82, 2.24) is 0 Å². The van der Waals surface area contributed by atoms with Crippen molar-refractivity contribution in [1.29, 1.82) is 0 Å². The van der Waals surface area contributed by atoms with Gasteiger partial charge in [-0.2, -0.15) is 0 Å². The van der Waals surface area contributed by atoms with Crippen LogP contribution in [0.1, 0.15) is 172 Å². The molecule has 0 amide bonds. The van der Waals surface area contributed by atoms with Crippen LogP contribution in [0.15, 0.2) is 72.8 Å². The highest BCUT2D eigenvalue weighted by atomic mass is 14.6. The number of fused-ring (bicyclic) bond motifs is 5. The number of hydrogen-bond donors (Lipinski definition) is 0. The lowest BCUT2D eigenvalue weighted by atomic mass is 9.59. The second-order valence-electron chi connectivity index (χ2n) is 27.0. The lowest BCUT2D eigenvalue weighted by molar-refractivity contribution is 0.125. The number of aryl methyl sites for hydroxylation is 12. The highest BCUT2D eigenvalue weighted by Gasteiger charge is 2.58. The number of benzene rings is 8. The van der Waals surface area contributed by atoms with Crippen LogP contribution in [0.5, 0.6) is 0 Å². The van der Waals surface area contributed by atoms with Gasteiger partial charge in [-0.1, -0.05) is 154 Å². The SMILES string of the molecule is Cc1cc(C)c(-c2c3cc4c(cc3c(-c3c(C)cc(C)cc3C)c3c(-c5c(C)cc(C)cc5C)c5cc6c(cc5c(-c5c(C)cc(C)cc5C)c23)C(C)(C)C(C)(C)C6(C)C)C(C)(C)C(C)(C)C4(C)C)c(C)c1. The summed E-state index contributed by atoms with van der Waals surface area (Å²) in [5.74, 6) is 0. The molecular formula is C72H84. The van der Waals surface area contributed by atoms with Crippen molar-refractivity contribution in [2.45, 2.75) is 188 Å². The maximum Gasteiger partial charge on any atom is -0.0000977 e. The molecule has 10 rings (SSSR count). The summed E-state index contributed by atoms with van der Waals surface area (Å²) >= 11 is 0. The standard InChI is InChI=1S/C72H84/c1-37-25-41(5)57(42(6)26-37)61-49-33-53-54(68(15,16)71(21,22)67(53,13)14)34-50(49)63(59-45(9)29-39(3)30-46(59)10)66-64(60-47(11)31-40(4)32-48(60)12)52-36-56-55(69(17,18)72(23,24)70(56,19)20)35-51(52)62(65(61)66)58-43(7)27-38(2)28-44(58)8/h25-36H,1-24H3. The average molecular weight is 949 g/mol. The predicted molar refractivity (Wildman–Crippen MR) is 317 cm³/mol. The van der Waals surface area contributed by atoms with E-state index >= 15 is 0 Å². The number of rotatable bonds is 4. The van der Waals surface area contributed by atoms with Gasteiger partial charge in [0.2, 0.25) is 0 Å². The van der Waals surface area contributed by atoms with Gasteiger partial charge >= 0.3 is 0 Å². The van der Waals surface area contributed by atoms with Crippen molar-refractivity contribution < 1.29 is 0 Å². The smallest absolute Gasteiger partial charge is 0.0000977 e. The zero-order valence-corrected chi connectivity index (χ0v) is 48.9. The van der Waals surface area contributed by atoms with Gasteiger partial charge in [-0.3, -0.25) is 0 Å². The molecule has 8 aromatic rings. The van der Waals surface area contributed by atoms with E-state index in [1.807, 2.05) is 0 Å². The molecule has 0 unspecified atom stereocenters. The van der Waals surface area contributed by atoms with E-state index in [1.165, 1.54) is 166 Å². The molecule has 0 saturated carbocycles. The molecule has 0 N–H and O–H groups in total. The summed E-state index contributed by atoms with van der Waals surface area (Å²) in [6.07, 6.45) is 0. The molecule has 0 atom stereocenters. The Morgan fingerprint density at radius 1 is 0.208 bits per heavy atom. The summed E-state index contributed by atoms with van der Waals surface area (Å²) in [4.78, 5) is 0. The molecule has 0 heterocycles. The van der Waals surface area contributed by atoms with Crippen molar-refractivity contribution >= 4 is 32.3 Å². The molecule has 372 valence electrons. The molecule has 0 nitrogen and oxygen atoms in total. The first-order valence-electron chi connectivity index (χ1n) is 27.2. The van der Waals surface area contributed by atoms with Crippen molar-refractivity contribution in [3.05, 3.63) is 162 Å². The molecule has 8 aromatic carbocycles.